The van der Waals surface area contributed by atoms with Gasteiger partial charge in [0.1, 0.15) is 6.10 Å². The van der Waals surface area contributed by atoms with E-state index in [1.54, 1.807) is 30.9 Å². The number of urea groups is 1. The normalized spacial score (nSPS) is 21.9. The third-order valence-corrected chi connectivity index (χ3v) is 9.68. The Balaban J connectivity index is 1.18. The minimum absolute atomic E-state index is 0.0452. The molecule has 0 radical (unpaired) electrons. The fourth-order valence-corrected chi connectivity index (χ4v) is 7.08. The average Bonchev–Trinajstić information content (AvgIpc) is 3.86. The minimum Gasteiger partial charge on any atom is -0.389 e. The summed E-state index contributed by atoms with van der Waals surface area (Å²) in [6.07, 6.45) is 5.22. The lowest BCUT2D eigenvalue weighted by atomic mass is 9.91. The Labute approximate surface area is 291 Å². The highest BCUT2D eigenvalue weighted by atomic mass is 16.3. The van der Waals surface area contributed by atoms with Gasteiger partial charge < -0.3 is 40.9 Å². The van der Waals surface area contributed by atoms with Crippen molar-refractivity contribution in [1.82, 2.24) is 35.1 Å². The quantitative estimate of drug-likeness (QED) is 0.114. The first-order chi connectivity index (χ1) is 24.5. The minimum atomic E-state index is -0.990. The van der Waals surface area contributed by atoms with Gasteiger partial charge in [0.05, 0.1) is 30.4 Å². The van der Waals surface area contributed by atoms with Crippen LogP contribution in [0.3, 0.4) is 0 Å². The zero-order valence-electron chi connectivity index (χ0n) is 28.1. The highest BCUT2D eigenvalue weighted by Gasteiger charge is 2.43. The number of amides is 2. The molecule has 7 rings (SSSR count). The van der Waals surface area contributed by atoms with Crippen molar-refractivity contribution in [1.29, 1.82) is 0 Å². The van der Waals surface area contributed by atoms with E-state index >= 15 is 0 Å². The van der Waals surface area contributed by atoms with Crippen molar-refractivity contribution in [2.45, 2.75) is 62.4 Å². The molecule has 1 aliphatic heterocycles. The number of nitrogens with zero attached hydrogens (tertiary/aromatic N) is 6. The maximum absolute atomic E-state index is 12.8. The van der Waals surface area contributed by atoms with Crippen LogP contribution in [0.1, 0.15) is 49.3 Å². The first-order valence-corrected chi connectivity index (χ1v) is 17.4. The Morgan fingerprint density at radius 3 is 2.44 bits per heavy atom. The number of rotatable bonds is 12. The molecule has 1 unspecified atom stereocenters. The molecule has 1 saturated carbocycles. The van der Waals surface area contributed by atoms with Gasteiger partial charge in [0.2, 0.25) is 5.95 Å². The van der Waals surface area contributed by atoms with Crippen molar-refractivity contribution in [3.63, 3.8) is 0 Å². The van der Waals surface area contributed by atoms with Gasteiger partial charge >= 0.3 is 6.03 Å². The third kappa shape index (κ3) is 7.25. The predicted octanol–water partition coefficient (Wildman–Crippen LogP) is 3.90. The van der Waals surface area contributed by atoms with Crippen molar-refractivity contribution < 1.29 is 15.0 Å². The van der Waals surface area contributed by atoms with Crippen LogP contribution in [0.15, 0.2) is 91.5 Å². The highest BCUT2D eigenvalue weighted by molar-refractivity contribution is 5.89. The van der Waals surface area contributed by atoms with Gasteiger partial charge in [-0.25, -0.2) is 9.78 Å². The van der Waals surface area contributed by atoms with Crippen molar-refractivity contribution in [2.75, 3.05) is 41.7 Å². The number of aromatic nitrogens is 5. The van der Waals surface area contributed by atoms with Crippen LogP contribution in [-0.2, 0) is 0 Å². The summed E-state index contributed by atoms with van der Waals surface area (Å²) in [5.74, 6) is 1.13. The van der Waals surface area contributed by atoms with Crippen LogP contribution < -0.4 is 26.2 Å². The molecule has 13 heteroatoms. The van der Waals surface area contributed by atoms with E-state index in [0.717, 1.165) is 13.0 Å². The van der Waals surface area contributed by atoms with E-state index in [0.29, 0.717) is 61.1 Å². The van der Waals surface area contributed by atoms with E-state index in [1.165, 1.54) is 11.1 Å². The first-order valence-electron chi connectivity index (χ1n) is 17.4. The molecule has 0 spiro atoms. The lowest BCUT2D eigenvalue weighted by molar-refractivity contribution is 0.0143. The zero-order chi connectivity index (χ0) is 34.5. The number of anilines is 3. The summed E-state index contributed by atoms with van der Waals surface area (Å²) >= 11 is 0. The molecule has 5 atom stereocenters. The van der Waals surface area contributed by atoms with Crippen molar-refractivity contribution in [2.24, 2.45) is 0 Å². The molecule has 50 heavy (non-hydrogen) atoms. The number of aliphatic hydroxyl groups excluding tert-OH is 2. The first kappa shape index (κ1) is 33.4. The van der Waals surface area contributed by atoms with Gasteiger partial charge in [0.25, 0.3) is 0 Å². The van der Waals surface area contributed by atoms with Crippen LogP contribution in [-0.4, -0.2) is 91.2 Å². The molecular formula is C37H44N10O3. The number of fused-ring (bicyclic) bond motifs is 1. The fourth-order valence-electron chi connectivity index (χ4n) is 7.08. The predicted molar refractivity (Wildman–Crippen MR) is 193 cm³/mol. The third-order valence-electron chi connectivity index (χ3n) is 9.68. The summed E-state index contributed by atoms with van der Waals surface area (Å²) in [6.45, 7) is 4.54. The summed E-state index contributed by atoms with van der Waals surface area (Å²) in [6, 6.07) is 23.2. The van der Waals surface area contributed by atoms with E-state index in [2.05, 4.69) is 62.3 Å². The van der Waals surface area contributed by atoms with Crippen LogP contribution in [0.25, 0.3) is 11.2 Å². The molecule has 2 aromatic carbocycles. The molecule has 13 nitrogen and oxygen atoms in total. The number of pyridine rings is 1. The van der Waals surface area contributed by atoms with Gasteiger partial charge in [0.15, 0.2) is 17.0 Å². The topological polar surface area (TPSA) is 165 Å². The van der Waals surface area contributed by atoms with Crippen LogP contribution in [0.2, 0.25) is 0 Å². The number of hydrogen-bond acceptors (Lipinski definition) is 10. The number of hydrogen-bond donors (Lipinski definition) is 6. The van der Waals surface area contributed by atoms with Crippen LogP contribution >= 0.6 is 0 Å². The Morgan fingerprint density at radius 2 is 1.74 bits per heavy atom. The lowest BCUT2D eigenvalue weighted by Gasteiger charge is -2.22. The summed E-state index contributed by atoms with van der Waals surface area (Å²) in [7, 11) is 0. The van der Waals surface area contributed by atoms with Gasteiger partial charge in [-0.1, -0.05) is 67.6 Å². The lowest BCUT2D eigenvalue weighted by Crippen LogP contribution is -2.40. The molecule has 1 aliphatic carbocycles. The Hall–Kier alpha value is -5.11. The summed E-state index contributed by atoms with van der Waals surface area (Å²) < 4.78 is 1.88. The molecule has 6 N–H and O–H groups in total. The van der Waals surface area contributed by atoms with Gasteiger partial charge in [-0.15, -0.1) is 0 Å². The van der Waals surface area contributed by atoms with Crippen molar-refractivity contribution in [3.05, 3.63) is 103 Å². The Bertz CT molecular complexity index is 1820. The average molecular weight is 677 g/mol. The molecular weight excluding hydrogens is 632 g/mol. The largest absolute Gasteiger partial charge is 0.389 e. The fraction of sp³-hybridized carbons (Fsp3) is 0.378. The van der Waals surface area contributed by atoms with E-state index in [4.69, 9.17) is 15.0 Å². The Morgan fingerprint density at radius 1 is 0.980 bits per heavy atom. The standard InChI is InChI=1S/C37H44N10O3/c1-2-16-39-29-19-30(33(49)32(29)48)47-23-41-31-34(40-21-28(24-10-5-3-6-11-24)25-12-7-4-8-13-25)44-36(45-35(31)47)46-18-15-27(22-46)43-37(50)42-26-14-9-17-38-20-26/h3-14,17,20,23,27-30,32-33,39,48-49H,2,15-16,18-19,21-22H2,1H3,(H,40,44,45)(H2,42,43,50)/t27?,29-,30+,32+,33-/m0/s1. The van der Waals surface area contributed by atoms with Crippen molar-refractivity contribution >= 4 is 34.6 Å². The van der Waals surface area contributed by atoms with Crippen LogP contribution in [0.4, 0.5) is 22.2 Å². The van der Waals surface area contributed by atoms with E-state index in [-0.39, 0.29) is 24.0 Å². The highest BCUT2D eigenvalue weighted by Crippen LogP contribution is 2.35. The number of nitrogens with one attached hydrogen (secondary N) is 4. The van der Waals surface area contributed by atoms with E-state index in [1.807, 2.05) is 41.0 Å². The summed E-state index contributed by atoms with van der Waals surface area (Å²) in [4.78, 5) is 33.7. The van der Waals surface area contributed by atoms with Gasteiger partial charge in [-0.2, -0.15) is 9.97 Å². The molecule has 2 aliphatic rings. The smallest absolute Gasteiger partial charge is 0.319 e. The van der Waals surface area contributed by atoms with Crippen LogP contribution in [0.5, 0.6) is 0 Å². The summed E-state index contributed by atoms with van der Waals surface area (Å²) in [5.41, 5.74) is 4.13. The zero-order valence-corrected chi connectivity index (χ0v) is 28.1. The number of carbonyl (C=O) groups excluding carboxylic acids is 1. The monoisotopic (exact) mass is 676 g/mol. The Kier molecular flexibility index (Phi) is 10.1. The molecule has 3 aromatic heterocycles. The molecule has 2 amide bonds. The molecule has 5 aromatic rings. The number of aliphatic hydroxyl groups is 2. The van der Waals surface area contributed by atoms with Crippen molar-refractivity contribution in [3.8, 4) is 0 Å². The van der Waals surface area contributed by atoms with E-state index in [9.17, 15) is 15.0 Å². The molecule has 2 fully saturated rings. The number of carbonyl (C=O) groups is 1. The molecule has 260 valence electrons. The molecule has 4 heterocycles. The summed E-state index contributed by atoms with van der Waals surface area (Å²) in [5, 5.41) is 35.0. The van der Waals surface area contributed by atoms with Gasteiger partial charge in [0, 0.05) is 43.8 Å². The second-order valence-corrected chi connectivity index (χ2v) is 13.1. The number of imidazole rings is 1. The SMILES string of the molecule is CCCN[C@H]1C[C@@H](n2cnc3c(NCC(c4ccccc4)c4ccccc4)nc(N4CCC(NC(=O)Nc5cccnc5)C4)nc32)[C@H](O)[C@@H]1O. The maximum Gasteiger partial charge on any atom is 0.319 e. The second-order valence-electron chi connectivity index (χ2n) is 13.1. The molecule has 0 bridgehead atoms. The second kappa shape index (κ2) is 15.2. The maximum atomic E-state index is 12.8. The van der Waals surface area contributed by atoms with Gasteiger partial charge in [-0.05, 0) is 49.1 Å². The van der Waals surface area contributed by atoms with Gasteiger partial charge in [-0.3, -0.25) is 4.98 Å². The molecule has 1 saturated heterocycles. The number of benzene rings is 2. The van der Waals surface area contributed by atoms with Crippen LogP contribution in [0, 0.1) is 0 Å². The van der Waals surface area contributed by atoms with E-state index < -0.39 is 18.2 Å².